The number of nitrogens with one attached hydrogen (secondary N) is 1. The van der Waals surface area contributed by atoms with Crippen LogP contribution in [0.2, 0.25) is 0 Å². The molecule has 0 aromatic carbocycles. The van der Waals surface area contributed by atoms with Gasteiger partial charge >= 0.3 is 5.97 Å². The summed E-state index contributed by atoms with van der Waals surface area (Å²) in [7, 11) is -4.00. The van der Waals surface area contributed by atoms with Crippen molar-refractivity contribution in [2.45, 2.75) is 30.0 Å². The third-order valence-electron chi connectivity index (χ3n) is 5.00. The number of amides is 2. The fraction of sp³-hybridized carbons (Fsp3) is 0.412. The molecule has 3 rings (SSSR count). The zero-order valence-corrected chi connectivity index (χ0v) is 16.1. The van der Waals surface area contributed by atoms with Crippen LogP contribution in [-0.4, -0.2) is 70.4 Å². The molecule has 1 aromatic rings. The molecule has 11 heteroatoms. The van der Waals surface area contributed by atoms with Gasteiger partial charge in [-0.05, 0) is 32.1 Å². The lowest BCUT2D eigenvalue weighted by molar-refractivity contribution is -0.152. The summed E-state index contributed by atoms with van der Waals surface area (Å²) < 4.78 is 24.1. The Balaban J connectivity index is 2.04. The first-order chi connectivity index (χ1) is 13.1. The number of nitrogens with zero attached hydrogens (tertiary/aromatic N) is 2. The molecule has 2 atom stereocenters. The number of nitrogens with two attached hydrogens (primary N) is 1. The molecule has 10 nitrogen and oxygen atoms in total. The van der Waals surface area contributed by atoms with Gasteiger partial charge in [-0.15, -0.1) is 0 Å². The maximum atomic E-state index is 12.9. The van der Waals surface area contributed by atoms with E-state index in [1.165, 1.54) is 38.3 Å². The van der Waals surface area contributed by atoms with E-state index in [1.54, 1.807) is 0 Å². The Hall–Kier alpha value is -2.79. The van der Waals surface area contributed by atoms with Crippen LogP contribution in [-0.2, 0) is 19.4 Å². The number of aliphatic carboxylic acids is 1. The summed E-state index contributed by atoms with van der Waals surface area (Å²) in [4.78, 5) is 41.4. The fourth-order valence-corrected chi connectivity index (χ4v) is 5.62. The quantitative estimate of drug-likeness (QED) is 0.412. The summed E-state index contributed by atoms with van der Waals surface area (Å²) in [5, 5.41) is 10.6. The van der Waals surface area contributed by atoms with Crippen LogP contribution in [0, 0.1) is 0 Å². The molecular weight excluding hydrogens is 388 g/mol. The molecule has 0 radical (unpaired) electrons. The third-order valence-corrected chi connectivity index (χ3v) is 7.76. The lowest BCUT2D eigenvalue weighted by Crippen LogP contribution is -2.58. The molecule has 0 spiro atoms. The molecule has 0 saturated carbocycles. The minimum absolute atomic E-state index is 0.108. The zero-order valence-electron chi connectivity index (χ0n) is 15.2. The molecule has 0 bridgehead atoms. The van der Waals surface area contributed by atoms with Crippen molar-refractivity contribution >= 4 is 33.7 Å². The largest absolute Gasteiger partial charge is 0.480 e. The normalized spacial score (nSPS) is 25.9. The summed E-state index contributed by atoms with van der Waals surface area (Å²) in [6.07, 6.45) is 2.64. The number of carboxylic acid groups (broad SMARTS) is 1. The van der Waals surface area contributed by atoms with Gasteiger partial charge < -0.3 is 21.1 Å². The lowest BCUT2D eigenvalue weighted by Gasteiger charge is -2.37. The highest BCUT2D eigenvalue weighted by molar-refractivity contribution is 7.94. The summed E-state index contributed by atoms with van der Waals surface area (Å²) >= 11 is 0. The first kappa shape index (κ1) is 20.0. The summed E-state index contributed by atoms with van der Waals surface area (Å²) in [5.41, 5.74) is 5.53. The molecule has 150 valence electrons. The Labute approximate surface area is 161 Å². The number of fused-ring (bicyclic) bond motifs is 1. The van der Waals surface area contributed by atoms with E-state index in [4.69, 9.17) is 5.73 Å². The van der Waals surface area contributed by atoms with E-state index in [0.717, 1.165) is 4.90 Å². The van der Waals surface area contributed by atoms with E-state index in [2.05, 4.69) is 10.3 Å². The number of aromatic nitrogens is 1. The number of carbonyl (C=O) groups excluding carboxylic acids is 2. The minimum Gasteiger partial charge on any atom is -0.480 e. The first-order valence-electron chi connectivity index (χ1n) is 8.49. The standard InChI is InChI=1S/C17H20N4O6S/c1-17(2)12(16(24)25)21-14(23)10(15(21)28(17,26)27)8-11-9(4-3-6-19-11)13(22)20-7-5-18/h3-4,6,8,12,15H,5,7,18H2,1-2H3,(H,20,22)(H,24,25)/b10-8-/t12-,15?/m0/s1. The molecule has 2 fully saturated rings. The van der Waals surface area contributed by atoms with Gasteiger partial charge in [-0.1, -0.05) is 0 Å². The van der Waals surface area contributed by atoms with Crippen LogP contribution in [0.15, 0.2) is 23.9 Å². The number of carboxylic acids is 1. The first-order valence-corrected chi connectivity index (χ1v) is 10.0. The minimum atomic E-state index is -4.00. The van der Waals surface area contributed by atoms with Crippen molar-refractivity contribution in [2.24, 2.45) is 5.73 Å². The van der Waals surface area contributed by atoms with Crippen molar-refractivity contribution in [2.75, 3.05) is 13.1 Å². The summed E-state index contributed by atoms with van der Waals surface area (Å²) in [6, 6.07) is 1.53. The van der Waals surface area contributed by atoms with Crippen molar-refractivity contribution in [3.63, 3.8) is 0 Å². The number of sulfone groups is 1. The van der Waals surface area contributed by atoms with Crippen LogP contribution in [0.1, 0.15) is 29.9 Å². The Kier molecular flexibility index (Phi) is 4.76. The van der Waals surface area contributed by atoms with Gasteiger partial charge in [-0.3, -0.25) is 14.6 Å². The maximum absolute atomic E-state index is 12.9. The Morgan fingerprint density at radius 3 is 2.71 bits per heavy atom. The molecule has 2 aliphatic heterocycles. The molecule has 1 unspecified atom stereocenters. The molecular formula is C17H20N4O6S. The number of pyridine rings is 1. The lowest BCUT2D eigenvalue weighted by atomic mass is 9.95. The second kappa shape index (κ2) is 6.67. The van der Waals surface area contributed by atoms with Gasteiger partial charge in [0.25, 0.3) is 11.8 Å². The zero-order chi connectivity index (χ0) is 20.9. The van der Waals surface area contributed by atoms with Gasteiger partial charge in [-0.25, -0.2) is 13.2 Å². The van der Waals surface area contributed by atoms with Gasteiger partial charge in [0.05, 0.1) is 16.8 Å². The number of rotatable bonds is 5. The van der Waals surface area contributed by atoms with Crippen molar-refractivity contribution in [1.82, 2.24) is 15.2 Å². The Morgan fingerprint density at radius 1 is 1.43 bits per heavy atom. The van der Waals surface area contributed by atoms with Crippen LogP contribution in [0.5, 0.6) is 0 Å². The molecule has 2 amide bonds. The average molecular weight is 408 g/mol. The van der Waals surface area contributed by atoms with Crippen LogP contribution < -0.4 is 11.1 Å². The highest BCUT2D eigenvalue weighted by atomic mass is 32.2. The van der Waals surface area contributed by atoms with Crippen molar-refractivity contribution in [3.8, 4) is 0 Å². The second-order valence-electron chi connectivity index (χ2n) is 7.03. The van der Waals surface area contributed by atoms with E-state index in [1.807, 2.05) is 0 Å². The van der Waals surface area contributed by atoms with E-state index in [-0.39, 0.29) is 29.9 Å². The second-order valence-corrected chi connectivity index (χ2v) is 9.62. The number of carbonyl (C=O) groups is 3. The molecule has 4 N–H and O–H groups in total. The molecule has 2 aliphatic rings. The summed E-state index contributed by atoms with van der Waals surface area (Å²) in [5.74, 6) is -2.55. The van der Waals surface area contributed by atoms with Gasteiger partial charge in [0.2, 0.25) is 0 Å². The van der Waals surface area contributed by atoms with Crippen LogP contribution in [0.3, 0.4) is 0 Å². The van der Waals surface area contributed by atoms with Crippen molar-refractivity contribution in [3.05, 3.63) is 35.2 Å². The molecule has 28 heavy (non-hydrogen) atoms. The highest BCUT2D eigenvalue weighted by Crippen LogP contribution is 2.48. The van der Waals surface area contributed by atoms with Gasteiger partial charge in [0.15, 0.2) is 21.3 Å². The van der Waals surface area contributed by atoms with Crippen LogP contribution in [0.25, 0.3) is 6.08 Å². The highest BCUT2D eigenvalue weighted by Gasteiger charge is 2.70. The monoisotopic (exact) mass is 408 g/mol. The van der Waals surface area contributed by atoms with Crippen molar-refractivity contribution < 1.29 is 27.9 Å². The topological polar surface area (TPSA) is 160 Å². The van der Waals surface area contributed by atoms with Crippen LogP contribution >= 0.6 is 0 Å². The number of hydrogen-bond donors (Lipinski definition) is 3. The predicted octanol–water partition coefficient (Wildman–Crippen LogP) is -1.02. The summed E-state index contributed by atoms with van der Waals surface area (Å²) in [6.45, 7) is 3.05. The third kappa shape index (κ3) is 2.69. The number of β-lactam (4-membered cyclic amide) rings is 1. The van der Waals surface area contributed by atoms with E-state index in [9.17, 15) is 27.9 Å². The van der Waals surface area contributed by atoms with Gasteiger partial charge in [-0.2, -0.15) is 0 Å². The SMILES string of the molecule is CC1(C)[C@H](C(=O)O)N2C(=O)/C(=C/c3ncccc3C(=O)NCCN)C2S1(=O)=O. The Bertz CT molecular complexity index is 1000. The molecule has 0 aliphatic carbocycles. The van der Waals surface area contributed by atoms with Gasteiger partial charge in [0, 0.05) is 19.3 Å². The van der Waals surface area contributed by atoms with E-state index < -0.39 is 43.8 Å². The van der Waals surface area contributed by atoms with E-state index in [0.29, 0.717) is 0 Å². The Morgan fingerprint density at radius 2 is 2.11 bits per heavy atom. The fourth-order valence-electron chi connectivity index (χ4n) is 3.49. The van der Waals surface area contributed by atoms with Crippen LogP contribution in [0.4, 0.5) is 0 Å². The van der Waals surface area contributed by atoms with Gasteiger partial charge in [0.1, 0.15) is 4.75 Å². The average Bonchev–Trinajstić information content (AvgIpc) is 2.78. The smallest absolute Gasteiger partial charge is 0.328 e. The number of hydrogen-bond acceptors (Lipinski definition) is 7. The molecule has 2 saturated heterocycles. The van der Waals surface area contributed by atoms with Crippen molar-refractivity contribution in [1.29, 1.82) is 0 Å². The maximum Gasteiger partial charge on any atom is 0.328 e. The van der Waals surface area contributed by atoms with E-state index >= 15 is 0 Å². The molecule has 3 heterocycles. The predicted molar refractivity (Wildman–Crippen MR) is 98.7 cm³/mol. The molecule has 1 aromatic heterocycles.